The zero-order valence-corrected chi connectivity index (χ0v) is 15.8. The molecule has 2 heterocycles. The van der Waals surface area contributed by atoms with Crippen LogP contribution in [-0.4, -0.2) is 55.5 Å². The van der Waals surface area contributed by atoms with Crippen LogP contribution in [0.5, 0.6) is 0 Å². The SMILES string of the molecule is CN(C)Cc1ccc(C(=O)N[C@@H]2CCCC[C@H]2CN2CCCCC2)o1. The first-order valence-electron chi connectivity index (χ1n) is 9.88. The smallest absolute Gasteiger partial charge is 0.287 e. The number of nitrogens with one attached hydrogen (secondary N) is 1. The summed E-state index contributed by atoms with van der Waals surface area (Å²) in [5, 5.41) is 3.27. The van der Waals surface area contributed by atoms with Crippen LogP contribution in [0.25, 0.3) is 0 Å². The number of carbonyl (C=O) groups is 1. The molecule has 0 radical (unpaired) electrons. The van der Waals surface area contributed by atoms with E-state index in [1.54, 1.807) is 6.07 Å². The van der Waals surface area contributed by atoms with Gasteiger partial charge in [-0.1, -0.05) is 19.3 Å². The van der Waals surface area contributed by atoms with E-state index in [0.717, 1.165) is 18.7 Å². The highest BCUT2D eigenvalue weighted by atomic mass is 16.4. The first-order chi connectivity index (χ1) is 12.1. The Bertz CT molecular complexity index is 549. The monoisotopic (exact) mass is 347 g/mol. The summed E-state index contributed by atoms with van der Waals surface area (Å²) in [5.41, 5.74) is 0. The Morgan fingerprint density at radius 3 is 2.68 bits per heavy atom. The van der Waals surface area contributed by atoms with Crippen molar-refractivity contribution in [2.45, 2.75) is 57.5 Å². The van der Waals surface area contributed by atoms with E-state index in [0.29, 0.717) is 18.2 Å². The maximum absolute atomic E-state index is 12.6. The Balaban J connectivity index is 1.56. The molecule has 1 saturated heterocycles. The molecular weight excluding hydrogens is 314 g/mol. The summed E-state index contributed by atoms with van der Waals surface area (Å²) in [6.07, 6.45) is 8.84. The lowest BCUT2D eigenvalue weighted by Gasteiger charge is -2.37. The molecule has 1 saturated carbocycles. The van der Waals surface area contributed by atoms with Gasteiger partial charge in [0, 0.05) is 12.6 Å². The van der Waals surface area contributed by atoms with Gasteiger partial charge in [0.15, 0.2) is 5.76 Å². The number of piperidine rings is 1. The van der Waals surface area contributed by atoms with E-state index in [1.165, 1.54) is 51.6 Å². The first kappa shape index (κ1) is 18.5. The van der Waals surface area contributed by atoms with Gasteiger partial charge in [-0.2, -0.15) is 0 Å². The van der Waals surface area contributed by atoms with Crippen molar-refractivity contribution >= 4 is 5.91 Å². The van der Waals surface area contributed by atoms with E-state index in [-0.39, 0.29) is 11.9 Å². The van der Waals surface area contributed by atoms with Gasteiger partial charge < -0.3 is 19.5 Å². The van der Waals surface area contributed by atoms with Gasteiger partial charge in [0.1, 0.15) is 5.76 Å². The lowest BCUT2D eigenvalue weighted by molar-refractivity contribution is 0.0847. The molecule has 25 heavy (non-hydrogen) atoms. The van der Waals surface area contributed by atoms with E-state index >= 15 is 0 Å². The summed E-state index contributed by atoms with van der Waals surface area (Å²) in [4.78, 5) is 17.3. The van der Waals surface area contributed by atoms with Gasteiger partial charge in [0.05, 0.1) is 6.54 Å². The van der Waals surface area contributed by atoms with E-state index in [1.807, 2.05) is 25.1 Å². The quantitative estimate of drug-likeness (QED) is 0.859. The standard InChI is InChI=1S/C20H33N3O2/c1-22(2)15-17-10-11-19(25-17)20(24)21-18-9-5-4-8-16(18)14-23-12-6-3-7-13-23/h10-11,16,18H,3-9,12-15H2,1-2H3,(H,21,24)/t16-,18+/m0/s1. The van der Waals surface area contributed by atoms with E-state index in [4.69, 9.17) is 4.42 Å². The minimum atomic E-state index is -0.0550. The largest absolute Gasteiger partial charge is 0.455 e. The number of amides is 1. The number of nitrogens with zero attached hydrogens (tertiary/aromatic N) is 2. The average molecular weight is 348 g/mol. The van der Waals surface area contributed by atoms with Crippen molar-refractivity contribution in [3.63, 3.8) is 0 Å². The Morgan fingerprint density at radius 2 is 1.92 bits per heavy atom. The zero-order chi connectivity index (χ0) is 17.6. The molecular formula is C20H33N3O2. The van der Waals surface area contributed by atoms with Crippen molar-refractivity contribution < 1.29 is 9.21 Å². The van der Waals surface area contributed by atoms with Gasteiger partial charge in [-0.05, 0) is 70.9 Å². The van der Waals surface area contributed by atoms with Crippen molar-refractivity contribution in [1.29, 1.82) is 0 Å². The Kier molecular flexibility index (Phi) is 6.54. The van der Waals surface area contributed by atoms with Crippen LogP contribution < -0.4 is 5.32 Å². The second-order valence-electron chi connectivity index (χ2n) is 7.99. The molecule has 1 aromatic rings. The maximum Gasteiger partial charge on any atom is 0.287 e. The molecule has 5 heteroatoms. The molecule has 0 aromatic carbocycles. The molecule has 2 fully saturated rings. The lowest BCUT2D eigenvalue weighted by Crippen LogP contribution is -2.47. The molecule has 1 aliphatic heterocycles. The molecule has 0 spiro atoms. The number of rotatable bonds is 6. The van der Waals surface area contributed by atoms with Crippen LogP contribution in [0, 0.1) is 5.92 Å². The molecule has 0 bridgehead atoms. The van der Waals surface area contributed by atoms with Crippen molar-refractivity contribution in [3.8, 4) is 0 Å². The van der Waals surface area contributed by atoms with Crippen molar-refractivity contribution in [2.75, 3.05) is 33.7 Å². The van der Waals surface area contributed by atoms with Crippen LogP contribution in [0.3, 0.4) is 0 Å². The van der Waals surface area contributed by atoms with E-state index in [9.17, 15) is 4.79 Å². The highest BCUT2D eigenvalue weighted by Crippen LogP contribution is 2.27. The van der Waals surface area contributed by atoms with Gasteiger partial charge in [0.2, 0.25) is 0 Å². The highest BCUT2D eigenvalue weighted by Gasteiger charge is 2.29. The predicted molar refractivity (Wildman–Crippen MR) is 99.6 cm³/mol. The average Bonchev–Trinajstić information content (AvgIpc) is 3.05. The number of carbonyl (C=O) groups excluding carboxylic acids is 1. The molecule has 1 N–H and O–H groups in total. The van der Waals surface area contributed by atoms with Gasteiger partial charge in [-0.25, -0.2) is 0 Å². The minimum Gasteiger partial charge on any atom is -0.455 e. The molecule has 140 valence electrons. The predicted octanol–water partition coefficient (Wildman–Crippen LogP) is 3.12. The summed E-state index contributed by atoms with van der Waals surface area (Å²) >= 11 is 0. The van der Waals surface area contributed by atoms with E-state index in [2.05, 4.69) is 10.2 Å². The van der Waals surface area contributed by atoms with Crippen molar-refractivity contribution in [3.05, 3.63) is 23.7 Å². The molecule has 2 atom stereocenters. The molecule has 1 aliphatic carbocycles. The van der Waals surface area contributed by atoms with Gasteiger partial charge in [-0.3, -0.25) is 4.79 Å². The van der Waals surface area contributed by atoms with Crippen molar-refractivity contribution in [2.24, 2.45) is 5.92 Å². The number of hydrogen-bond acceptors (Lipinski definition) is 4. The Hall–Kier alpha value is -1.33. The molecule has 1 amide bonds. The van der Waals surface area contributed by atoms with Crippen LogP contribution >= 0.6 is 0 Å². The molecule has 5 nitrogen and oxygen atoms in total. The summed E-state index contributed by atoms with van der Waals surface area (Å²) in [5.74, 6) is 1.80. The van der Waals surface area contributed by atoms with Gasteiger partial charge in [0.25, 0.3) is 5.91 Å². The fourth-order valence-electron chi connectivity index (χ4n) is 4.23. The van der Waals surface area contributed by atoms with Crippen LogP contribution in [0.2, 0.25) is 0 Å². The summed E-state index contributed by atoms with van der Waals surface area (Å²) in [6.45, 7) is 4.30. The fourth-order valence-corrected chi connectivity index (χ4v) is 4.23. The number of likely N-dealkylation sites (tertiary alicyclic amines) is 1. The van der Waals surface area contributed by atoms with Crippen LogP contribution in [0.1, 0.15) is 61.3 Å². The fraction of sp³-hybridized carbons (Fsp3) is 0.750. The second kappa shape index (κ2) is 8.86. The Labute approximate surface area is 151 Å². The third-order valence-electron chi connectivity index (χ3n) is 5.52. The maximum atomic E-state index is 12.6. The van der Waals surface area contributed by atoms with Crippen molar-refractivity contribution in [1.82, 2.24) is 15.1 Å². The normalized spacial score (nSPS) is 25.2. The topological polar surface area (TPSA) is 48.7 Å². The third kappa shape index (κ3) is 5.32. The zero-order valence-electron chi connectivity index (χ0n) is 15.8. The van der Waals surface area contributed by atoms with Crippen LogP contribution in [-0.2, 0) is 6.54 Å². The van der Waals surface area contributed by atoms with Gasteiger partial charge >= 0.3 is 0 Å². The summed E-state index contributed by atoms with van der Waals surface area (Å²) < 4.78 is 5.72. The van der Waals surface area contributed by atoms with Crippen LogP contribution in [0.4, 0.5) is 0 Å². The summed E-state index contributed by atoms with van der Waals surface area (Å²) in [6, 6.07) is 3.99. The second-order valence-corrected chi connectivity index (χ2v) is 7.99. The molecule has 1 aromatic heterocycles. The molecule has 2 aliphatic rings. The van der Waals surface area contributed by atoms with Gasteiger partial charge in [-0.15, -0.1) is 0 Å². The molecule has 3 rings (SSSR count). The minimum absolute atomic E-state index is 0.0550. The molecule has 0 unspecified atom stereocenters. The highest BCUT2D eigenvalue weighted by molar-refractivity contribution is 5.91. The van der Waals surface area contributed by atoms with E-state index < -0.39 is 0 Å². The number of furan rings is 1. The first-order valence-corrected chi connectivity index (χ1v) is 9.88. The summed E-state index contributed by atoms with van der Waals surface area (Å²) in [7, 11) is 3.99. The Morgan fingerprint density at radius 1 is 1.16 bits per heavy atom. The van der Waals surface area contributed by atoms with Crippen LogP contribution in [0.15, 0.2) is 16.5 Å². The lowest BCUT2D eigenvalue weighted by atomic mass is 9.83. The number of hydrogen-bond donors (Lipinski definition) is 1. The third-order valence-corrected chi connectivity index (χ3v) is 5.52.